The fourth-order valence-corrected chi connectivity index (χ4v) is 4.09. The van der Waals surface area contributed by atoms with E-state index in [1.54, 1.807) is 0 Å². The van der Waals surface area contributed by atoms with Gasteiger partial charge in [-0.1, -0.05) is 91.9 Å². The number of para-hydroxylation sites is 1. The van der Waals surface area contributed by atoms with Crippen LogP contribution >= 0.6 is 0 Å². The van der Waals surface area contributed by atoms with Crippen molar-refractivity contribution in [1.29, 1.82) is 0 Å². The Morgan fingerprint density at radius 3 is 2.03 bits per heavy atom. The third-order valence-electron chi connectivity index (χ3n) is 6.16. The molecule has 4 aromatic rings. The molecular formula is C32H34N2O3. The Morgan fingerprint density at radius 2 is 1.38 bits per heavy atom. The van der Waals surface area contributed by atoms with Crippen LogP contribution in [0.1, 0.15) is 34.7 Å². The molecule has 0 atom stereocenters. The summed E-state index contributed by atoms with van der Waals surface area (Å²) in [5.74, 6) is 1.38. The second-order valence-electron chi connectivity index (χ2n) is 8.92. The number of ether oxygens (including phenoxy) is 2. The van der Waals surface area contributed by atoms with Gasteiger partial charge < -0.3 is 20.1 Å². The lowest BCUT2D eigenvalue weighted by molar-refractivity contribution is 0.252. The first-order valence-electron chi connectivity index (χ1n) is 12.7. The average molecular weight is 495 g/mol. The molecule has 0 bridgehead atoms. The number of nitrogens with one attached hydrogen (secondary N) is 2. The molecule has 0 spiro atoms. The van der Waals surface area contributed by atoms with Gasteiger partial charge in [-0.25, -0.2) is 4.79 Å². The molecule has 0 saturated heterocycles. The van der Waals surface area contributed by atoms with E-state index in [9.17, 15) is 4.79 Å². The number of amides is 2. The molecule has 2 amide bonds. The average Bonchev–Trinajstić information content (AvgIpc) is 2.93. The number of rotatable bonds is 11. The van der Waals surface area contributed by atoms with E-state index in [1.165, 1.54) is 0 Å². The molecule has 5 nitrogen and oxygen atoms in total. The zero-order valence-corrected chi connectivity index (χ0v) is 21.5. The van der Waals surface area contributed by atoms with Gasteiger partial charge in [0.25, 0.3) is 0 Å². The normalized spacial score (nSPS) is 10.5. The number of urea groups is 1. The lowest BCUT2D eigenvalue weighted by atomic mass is 10.1. The summed E-state index contributed by atoms with van der Waals surface area (Å²) in [6.45, 7) is 5.50. The van der Waals surface area contributed by atoms with E-state index >= 15 is 0 Å². The number of hydrogen-bond acceptors (Lipinski definition) is 3. The smallest absolute Gasteiger partial charge is 0.319 e. The summed E-state index contributed by atoms with van der Waals surface area (Å²) in [6.07, 6.45) is 1.53. The van der Waals surface area contributed by atoms with Gasteiger partial charge in [-0.15, -0.1) is 0 Å². The van der Waals surface area contributed by atoms with Gasteiger partial charge in [-0.2, -0.15) is 0 Å². The lowest BCUT2D eigenvalue weighted by Gasteiger charge is -2.15. The monoisotopic (exact) mass is 494 g/mol. The molecule has 0 aliphatic rings. The maximum absolute atomic E-state index is 12.6. The highest BCUT2D eigenvalue weighted by Crippen LogP contribution is 2.30. The van der Waals surface area contributed by atoms with Crippen molar-refractivity contribution < 1.29 is 14.3 Å². The van der Waals surface area contributed by atoms with E-state index in [0.29, 0.717) is 37.7 Å². The quantitative estimate of drug-likeness (QED) is 0.234. The molecule has 2 N–H and O–H groups in total. The molecule has 0 aliphatic carbocycles. The van der Waals surface area contributed by atoms with Gasteiger partial charge in [0.2, 0.25) is 0 Å². The third kappa shape index (κ3) is 7.61. The summed E-state index contributed by atoms with van der Waals surface area (Å²) < 4.78 is 12.3. The molecule has 0 aromatic heterocycles. The number of aryl methyl sites for hydroxylation is 2. The minimum absolute atomic E-state index is 0.202. The zero-order valence-electron chi connectivity index (χ0n) is 21.5. The van der Waals surface area contributed by atoms with Crippen LogP contribution in [-0.4, -0.2) is 12.6 Å². The number of benzene rings is 4. The van der Waals surface area contributed by atoms with Crippen LogP contribution in [0.2, 0.25) is 0 Å². The van der Waals surface area contributed by atoms with E-state index in [2.05, 4.69) is 17.6 Å². The van der Waals surface area contributed by atoms with Gasteiger partial charge in [0.1, 0.15) is 13.2 Å². The summed E-state index contributed by atoms with van der Waals surface area (Å²) in [6, 6.07) is 32.0. The molecule has 0 heterocycles. The summed E-state index contributed by atoms with van der Waals surface area (Å²) in [5.41, 5.74) is 6.31. The minimum Gasteiger partial charge on any atom is -0.485 e. The van der Waals surface area contributed by atoms with Crippen molar-refractivity contribution in [2.24, 2.45) is 0 Å². The molecule has 4 rings (SSSR count). The molecule has 4 aromatic carbocycles. The number of carbonyl (C=O) groups excluding carboxylic acids is 1. The van der Waals surface area contributed by atoms with E-state index in [-0.39, 0.29) is 6.03 Å². The van der Waals surface area contributed by atoms with Gasteiger partial charge in [0.15, 0.2) is 11.5 Å². The molecule has 0 unspecified atom stereocenters. The maximum atomic E-state index is 12.6. The van der Waals surface area contributed by atoms with Gasteiger partial charge >= 0.3 is 6.03 Å². The molecule has 37 heavy (non-hydrogen) atoms. The predicted molar refractivity (Wildman–Crippen MR) is 149 cm³/mol. The van der Waals surface area contributed by atoms with Crippen molar-refractivity contribution >= 4 is 11.7 Å². The SMILES string of the molecule is CCc1cccc(C)c1NC(=O)NCCc1ccc(OCc2ccccc2)c(OCc2ccccc2)c1. The van der Waals surface area contributed by atoms with Crippen LogP contribution in [0, 0.1) is 6.92 Å². The predicted octanol–water partition coefficient (Wildman–Crippen LogP) is 7.08. The van der Waals surface area contributed by atoms with E-state index in [0.717, 1.165) is 39.9 Å². The number of anilines is 1. The number of hydrogen-bond donors (Lipinski definition) is 2. The van der Waals surface area contributed by atoms with Crippen molar-refractivity contribution in [3.8, 4) is 11.5 Å². The van der Waals surface area contributed by atoms with Gasteiger partial charge in [0.05, 0.1) is 0 Å². The van der Waals surface area contributed by atoms with Crippen LogP contribution < -0.4 is 20.1 Å². The zero-order chi connectivity index (χ0) is 25.9. The molecule has 0 saturated carbocycles. The van der Waals surface area contributed by atoms with Crippen molar-refractivity contribution in [3.63, 3.8) is 0 Å². The van der Waals surface area contributed by atoms with Crippen molar-refractivity contribution in [2.75, 3.05) is 11.9 Å². The fourth-order valence-electron chi connectivity index (χ4n) is 4.09. The van der Waals surface area contributed by atoms with Gasteiger partial charge in [0, 0.05) is 12.2 Å². The Kier molecular flexibility index (Phi) is 9.19. The first kappa shape index (κ1) is 25.8. The highest BCUT2D eigenvalue weighted by atomic mass is 16.5. The van der Waals surface area contributed by atoms with E-state index in [4.69, 9.17) is 9.47 Å². The second kappa shape index (κ2) is 13.2. The van der Waals surface area contributed by atoms with Crippen molar-refractivity contribution in [2.45, 2.75) is 39.9 Å². The molecule has 190 valence electrons. The third-order valence-corrected chi connectivity index (χ3v) is 6.16. The van der Waals surface area contributed by atoms with Crippen molar-refractivity contribution in [1.82, 2.24) is 5.32 Å². The maximum Gasteiger partial charge on any atom is 0.319 e. The Labute approximate surface area is 219 Å². The Hall–Kier alpha value is -4.25. The lowest BCUT2D eigenvalue weighted by Crippen LogP contribution is -2.31. The largest absolute Gasteiger partial charge is 0.485 e. The summed E-state index contributed by atoms with van der Waals surface area (Å²) in [4.78, 5) is 12.6. The van der Waals surface area contributed by atoms with Gasteiger partial charge in [-0.05, 0) is 59.7 Å². The molecule has 0 radical (unpaired) electrons. The Balaban J connectivity index is 1.38. The summed E-state index contributed by atoms with van der Waals surface area (Å²) in [7, 11) is 0. The highest BCUT2D eigenvalue weighted by Gasteiger charge is 2.11. The van der Waals surface area contributed by atoms with Crippen LogP contribution in [0.5, 0.6) is 11.5 Å². The Bertz CT molecular complexity index is 1290. The first-order chi connectivity index (χ1) is 18.1. The molecule has 0 aliphatic heterocycles. The molecular weight excluding hydrogens is 460 g/mol. The first-order valence-corrected chi connectivity index (χ1v) is 12.7. The molecule has 5 heteroatoms. The van der Waals surface area contributed by atoms with Gasteiger partial charge in [-0.3, -0.25) is 0 Å². The Morgan fingerprint density at radius 1 is 0.730 bits per heavy atom. The number of carbonyl (C=O) groups is 1. The van der Waals surface area contributed by atoms with Crippen LogP contribution in [0.3, 0.4) is 0 Å². The summed E-state index contributed by atoms with van der Waals surface area (Å²) in [5, 5.41) is 5.99. The van der Waals surface area contributed by atoms with Crippen LogP contribution in [0.4, 0.5) is 10.5 Å². The highest BCUT2D eigenvalue weighted by molar-refractivity contribution is 5.91. The van der Waals surface area contributed by atoms with Crippen LogP contribution in [0.25, 0.3) is 0 Å². The van der Waals surface area contributed by atoms with Crippen LogP contribution in [0.15, 0.2) is 97.1 Å². The van der Waals surface area contributed by atoms with E-state index in [1.807, 2.05) is 104 Å². The van der Waals surface area contributed by atoms with Crippen molar-refractivity contribution in [3.05, 3.63) is 125 Å². The molecule has 0 fully saturated rings. The minimum atomic E-state index is -0.202. The summed E-state index contributed by atoms with van der Waals surface area (Å²) >= 11 is 0. The van der Waals surface area contributed by atoms with E-state index < -0.39 is 0 Å². The van der Waals surface area contributed by atoms with Crippen LogP contribution in [-0.2, 0) is 26.1 Å². The topological polar surface area (TPSA) is 59.6 Å². The standard InChI is InChI=1S/C32H34N2O3/c1-3-28-16-10-11-24(2)31(28)34-32(35)33-20-19-25-17-18-29(36-22-26-12-6-4-7-13-26)30(21-25)37-23-27-14-8-5-9-15-27/h4-18,21H,3,19-20,22-23H2,1-2H3,(H2,33,34,35). The second-order valence-corrected chi connectivity index (χ2v) is 8.92. The fraction of sp³-hybridized carbons (Fsp3) is 0.219.